The van der Waals surface area contributed by atoms with Gasteiger partial charge in [-0.15, -0.1) is 0 Å². The van der Waals surface area contributed by atoms with E-state index in [1.165, 1.54) is 0 Å². The highest BCUT2D eigenvalue weighted by atomic mass is 35.5. The number of aromatic nitrogens is 1. The third kappa shape index (κ3) is 3.22. The maximum atomic E-state index is 13.2. The number of rotatable bonds is 3. The third-order valence-electron chi connectivity index (χ3n) is 8.01. The molecule has 2 unspecified atom stereocenters. The topological polar surface area (TPSA) is 72.0 Å². The number of aryl methyl sites for hydroxylation is 1. The van der Waals surface area contributed by atoms with Gasteiger partial charge >= 0.3 is 0 Å². The molecule has 2 atom stereocenters. The molecular formula is C27H25Cl2N3O4. The van der Waals surface area contributed by atoms with Gasteiger partial charge in [0.25, 0.3) is 0 Å². The number of hydrogen-bond donors (Lipinski definition) is 0. The van der Waals surface area contributed by atoms with E-state index in [4.69, 9.17) is 32.7 Å². The van der Waals surface area contributed by atoms with Crippen molar-refractivity contribution in [3.8, 4) is 22.8 Å². The third-order valence-corrected chi connectivity index (χ3v) is 8.67. The number of amides is 2. The monoisotopic (exact) mass is 525 g/mol. The van der Waals surface area contributed by atoms with Gasteiger partial charge in [-0.1, -0.05) is 35.3 Å². The van der Waals surface area contributed by atoms with Crippen molar-refractivity contribution in [3.05, 3.63) is 51.6 Å². The molecule has 36 heavy (non-hydrogen) atoms. The van der Waals surface area contributed by atoms with Crippen LogP contribution in [0.15, 0.2) is 30.5 Å². The normalized spacial score (nSPS) is 23.0. The van der Waals surface area contributed by atoms with Crippen molar-refractivity contribution in [1.29, 1.82) is 0 Å². The number of ether oxygens (including phenoxy) is 2. The number of likely N-dealkylation sites (tertiary alicyclic amines) is 1. The Morgan fingerprint density at radius 3 is 2.86 bits per heavy atom. The quantitative estimate of drug-likeness (QED) is 0.449. The number of hydrogen-bond acceptors (Lipinski definition) is 5. The molecule has 7 nitrogen and oxygen atoms in total. The van der Waals surface area contributed by atoms with E-state index in [1.54, 1.807) is 18.2 Å². The summed E-state index contributed by atoms with van der Waals surface area (Å²) in [4.78, 5) is 33.0. The van der Waals surface area contributed by atoms with Crippen LogP contribution in [0.25, 0.3) is 21.9 Å². The van der Waals surface area contributed by atoms with Gasteiger partial charge < -0.3 is 19.3 Å². The molecule has 0 saturated carbocycles. The summed E-state index contributed by atoms with van der Waals surface area (Å²) in [5.41, 5.74) is 2.66. The van der Waals surface area contributed by atoms with Crippen LogP contribution in [-0.2, 0) is 16.1 Å². The number of methoxy groups -OCH3 is 1. The lowest BCUT2D eigenvalue weighted by Crippen LogP contribution is -2.54. The highest BCUT2D eigenvalue weighted by Crippen LogP contribution is 2.51. The lowest BCUT2D eigenvalue weighted by molar-refractivity contribution is -0.129. The smallest absolute Gasteiger partial charge is 0.225 e. The zero-order valence-electron chi connectivity index (χ0n) is 20.0. The molecule has 3 aliphatic rings. The molecule has 2 fully saturated rings. The first-order chi connectivity index (χ1) is 17.4. The average molecular weight is 526 g/mol. The van der Waals surface area contributed by atoms with Crippen molar-refractivity contribution in [2.24, 2.45) is 0 Å². The van der Waals surface area contributed by atoms with Gasteiger partial charge in [0.05, 0.1) is 40.5 Å². The molecule has 6 rings (SSSR count). The molecule has 0 aliphatic carbocycles. The zero-order valence-corrected chi connectivity index (χ0v) is 21.5. The summed E-state index contributed by atoms with van der Waals surface area (Å²) in [5.74, 6) is 1.02. The number of fused-ring (bicyclic) bond motifs is 4. The van der Waals surface area contributed by atoms with Gasteiger partial charge in [-0.05, 0) is 42.8 Å². The van der Waals surface area contributed by atoms with Crippen LogP contribution in [0.2, 0.25) is 10.0 Å². The van der Waals surface area contributed by atoms with Gasteiger partial charge in [-0.2, -0.15) is 0 Å². The van der Waals surface area contributed by atoms with Crippen molar-refractivity contribution in [2.45, 2.75) is 44.3 Å². The number of benzene rings is 2. The van der Waals surface area contributed by atoms with Crippen molar-refractivity contribution >= 4 is 46.3 Å². The molecule has 1 aromatic heterocycles. The molecule has 2 saturated heterocycles. The van der Waals surface area contributed by atoms with Crippen LogP contribution >= 0.6 is 23.2 Å². The zero-order chi connectivity index (χ0) is 25.2. The first-order valence-corrected chi connectivity index (χ1v) is 12.7. The fourth-order valence-corrected chi connectivity index (χ4v) is 7.07. The Labute approximate surface area is 218 Å². The van der Waals surface area contributed by atoms with E-state index < -0.39 is 5.54 Å². The molecule has 0 N–H and O–H groups in total. The van der Waals surface area contributed by atoms with Crippen molar-refractivity contribution < 1.29 is 19.1 Å². The molecule has 3 aliphatic heterocycles. The number of pyridine rings is 1. The standard InChI is InChI=1S/C27H25Cl2N3O4/c1-15-4-5-16-6-8-30-26(35-2)22(16)21(15)23-18(28)10-17-12-32-19(13-36-25(17)24(23)29)27(11-20(32)34)7-3-9-31(27)14-33/h4-6,8,10,14,19H,3,7,9,11-13H2,1-2H3. The Kier molecular flexibility index (Phi) is 5.54. The highest BCUT2D eigenvalue weighted by Gasteiger charge is 2.57. The van der Waals surface area contributed by atoms with E-state index >= 15 is 0 Å². The largest absolute Gasteiger partial charge is 0.489 e. The number of nitrogens with zero attached hydrogens (tertiary/aromatic N) is 3. The fraction of sp³-hybridized carbons (Fsp3) is 0.370. The number of carbonyl (C=O) groups is 2. The second-order valence-corrected chi connectivity index (χ2v) is 10.5. The predicted octanol–water partition coefficient (Wildman–Crippen LogP) is 5.01. The molecule has 0 radical (unpaired) electrons. The van der Waals surface area contributed by atoms with Crippen LogP contribution in [0.1, 0.15) is 30.4 Å². The second-order valence-electron chi connectivity index (χ2n) is 9.74. The molecule has 0 bridgehead atoms. The van der Waals surface area contributed by atoms with Gasteiger partial charge in [-0.25, -0.2) is 4.98 Å². The minimum atomic E-state index is -0.536. The predicted molar refractivity (Wildman–Crippen MR) is 138 cm³/mol. The van der Waals surface area contributed by atoms with Crippen LogP contribution in [0, 0.1) is 6.92 Å². The molecule has 1 spiro atoms. The summed E-state index contributed by atoms with van der Waals surface area (Å²) in [6, 6.07) is 7.55. The summed E-state index contributed by atoms with van der Waals surface area (Å²) >= 11 is 14.0. The van der Waals surface area contributed by atoms with E-state index in [1.807, 2.05) is 36.1 Å². The van der Waals surface area contributed by atoms with E-state index in [9.17, 15) is 9.59 Å². The Balaban J connectivity index is 1.50. The average Bonchev–Trinajstić information content (AvgIpc) is 3.31. The van der Waals surface area contributed by atoms with Gasteiger partial charge in [0.15, 0.2) is 0 Å². The SMILES string of the molecule is COc1nccc2ccc(C)c(-c3c(Cl)cc4c(c3Cl)OCC3N(C4)C(=O)CC34CCCN4C=O)c12. The number of halogens is 2. The maximum absolute atomic E-state index is 13.2. The van der Waals surface area contributed by atoms with E-state index in [0.29, 0.717) is 46.7 Å². The first-order valence-electron chi connectivity index (χ1n) is 12.0. The summed E-state index contributed by atoms with van der Waals surface area (Å²) in [6.07, 6.45) is 4.54. The van der Waals surface area contributed by atoms with E-state index in [0.717, 1.165) is 46.7 Å². The summed E-state index contributed by atoms with van der Waals surface area (Å²) in [6.45, 7) is 3.23. The van der Waals surface area contributed by atoms with Crippen LogP contribution in [0.3, 0.4) is 0 Å². The van der Waals surface area contributed by atoms with Crippen LogP contribution in [0.5, 0.6) is 11.6 Å². The molecule has 9 heteroatoms. The van der Waals surface area contributed by atoms with Gasteiger partial charge in [0.1, 0.15) is 12.4 Å². The Morgan fingerprint density at radius 2 is 2.08 bits per heavy atom. The molecule has 3 aromatic rings. The molecule has 2 amide bonds. The highest BCUT2D eigenvalue weighted by molar-refractivity contribution is 6.41. The van der Waals surface area contributed by atoms with E-state index in [-0.39, 0.29) is 18.6 Å². The second kappa shape index (κ2) is 8.53. The Morgan fingerprint density at radius 1 is 1.25 bits per heavy atom. The minimum absolute atomic E-state index is 0.0160. The lowest BCUT2D eigenvalue weighted by Gasteiger charge is -2.38. The first kappa shape index (κ1) is 23.4. The van der Waals surface area contributed by atoms with Gasteiger partial charge in [-0.3, -0.25) is 9.59 Å². The van der Waals surface area contributed by atoms with Crippen molar-refractivity contribution in [1.82, 2.24) is 14.8 Å². The van der Waals surface area contributed by atoms with E-state index in [2.05, 4.69) is 4.98 Å². The summed E-state index contributed by atoms with van der Waals surface area (Å²) in [7, 11) is 1.59. The maximum Gasteiger partial charge on any atom is 0.225 e. The molecule has 4 heterocycles. The molecular weight excluding hydrogens is 501 g/mol. The number of carbonyl (C=O) groups excluding carboxylic acids is 2. The van der Waals surface area contributed by atoms with Crippen LogP contribution in [-0.4, -0.2) is 58.9 Å². The summed E-state index contributed by atoms with van der Waals surface area (Å²) < 4.78 is 12.0. The Hall–Kier alpha value is -3.03. The molecule has 186 valence electrons. The van der Waals surface area contributed by atoms with Gasteiger partial charge in [0.2, 0.25) is 18.2 Å². The summed E-state index contributed by atoms with van der Waals surface area (Å²) in [5, 5.41) is 2.62. The Bertz CT molecular complexity index is 1430. The van der Waals surface area contributed by atoms with Crippen LogP contribution < -0.4 is 9.47 Å². The van der Waals surface area contributed by atoms with Crippen molar-refractivity contribution in [3.63, 3.8) is 0 Å². The van der Waals surface area contributed by atoms with Crippen molar-refractivity contribution in [2.75, 3.05) is 20.3 Å². The van der Waals surface area contributed by atoms with Gasteiger partial charge in [0, 0.05) is 36.0 Å². The minimum Gasteiger partial charge on any atom is -0.489 e. The molecule has 2 aromatic carbocycles. The fourth-order valence-electron chi connectivity index (χ4n) is 6.33. The lowest BCUT2D eigenvalue weighted by atomic mass is 9.87. The van der Waals surface area contributed by atoms with Crippen LogP contribution in [0.4, 0.5) is 0 Å².